The van der Waals surface area contributed by atoms with E-state index >= 15 is 0 Å². The second-order valence-electron chi connectivity index (χ2n) is 20.9. The zero-order chi connectivity index (χ0) is 60.2. The normalized spacial score (nSPS) is 15.6. The number of piperidine rings is 1. The number of rotatable bonds is 18. The molecule has 0 radical (unpaired) electrons. The number of hydrogen-bond acceptors (Lipinski definition) is 13. The van der Waals surface area contributed by atoms with Crippen molar-refractivity contribution in [1.82, 2.24) is 52.6 Å². The van der Waals surface area contributed by atoms with Crippen LogP contribution in [0.3, 0.4) is 0 Å². The second-order valence-corrected chi connectivity index (χ2v) is 20.9. The summed E-state index contributed by atoms with van der Waals surface area (Å²) in [6.07, 6.45) is 14.8. The number of allylic oxidation sites excluding steroid dienone is 2. The van der Waals surface area contributed by atoms with Gasteiger partial charge in [-0.3, -0.25) is 43.2 Å². The molecule has 8 N–H and O–H groups in total. The summed E-state index contributed by atoms with van der Waals surface area (Å²) in [6, 6.07) is 6.15. The predicted octanol–water partition coefficient (Wildman–Crippen LogP) is 3.94. The van der Waals surface area contributed by atoms with E-state index in [-0.39, 0.29) is 83.3 Å². The summed E-state index contributed by atoms with van der Waals surface area (Å²) >= 11 is 0. The molecule has 7 aromatic heterocycles. The molecule has 2 unspecified atom stereocenters. The van der Waals surface area contributed by atoms with Gasteiger partial charge in [-0.1, -0.05) is 0 Å². The van der Waals surface area contributed by atoms with Gasteiger partial charge in [-0.15, -0.1) is 0 Å². The van der Waals surface area contributed by atoms with E-state index in [0.29, 0.717) is 69.6 Å². The van der Waals surface area contributed by atoms with Crippen molar-refractivity contribution >= 4 is 99.5 Å². The number of carbonyl (C=O) groups is 10. The SMILES string of the molecule is COC(=O)c1c(C)[nH]c2c1C13CC1CN(C(=O)/C=C/c1cc(NC(=O)c4cc(NC(=O)c5nc(NC(=O)CCCNC(=O)c6cc(NC(=O)c7cc(NC(=O)c8nc(NC(C)=O)cn8C)cn7C)cn6C)cn5C)cn4C)cn1C)C3=CC2=O. The number of methoxy groups -OCH3 is 1. The molecule has 1 aliphatic heterocycles. The molecule has 10 rings (SSSR count). The van der Waals surface area contributed by atoms with Crippen molar-refractivity contribution in [1.29, 1.82) is 0 Å². The van der Waals surface area contributed by atoms with Crippen molar-refractivity contribution in [3.05, 3.63) is 136 Å². The number of carbonyl (C=O) groups excluding carboxylic acids is 10. The van der Waals surface area contributed by atoms with Crippen LogP contribution in [-0.2, 0) is 66.8 Å². The van der Waals surface area contributed by atoms with Crippen molar-refractivity contribution in [2.75, 3.05) is 52.1 Å². The van der Waals surface area contributed by atoms with Crippen molar-refractivity contribution in [2.24, 2.45) is 48.2 Å². The molecule has 8 amide bonds. The monoisotopic (exact) mass is 1150 g/mol. The summed E-state index contributed by atoms with van der Waals surface area (Å²) in [5.41, 5.74) is 4.40. The average molecular weight is 1150 g/mol. The summed E-state index contributed by atoms with van der Waals surface area (Å²) in [4.78, 5) is 144. The number of nitrogens with one attached hydrogen (secondary N) is 8. The molecule has 1 spiro atoms. The average Bonchev–Trinajstić information content (AvgIpc) is 2.36. The number of ether oxygens (including phenoxy) is 1. The van der Waals surface area contributed by atoms with E-state index in [1.807, 2.05) is 0 Å². The Morgan fingerprint density at radius 2 is 1.18 bits per heavy atom. The number of amides is 8. The maximum Gasteiger partial charge on any atom is 0.340 e. The first-order chi connectivity index (χ1) is 39.9. The number of esters is 1. The highest BCUT2D eigenvalue weighted by Crippen LogP contribution is 2.67. The van der Waals surface area contributed by atoms with E-state index in [1.54, 1.807) is 95.6 Å². The van der Waals surface area contributed by atoms with Crippen LogP contribution in [0.5, 0.6) is 0 Å². The Bertz CT molecular complexity index is 4040. The fourth-order valence-electron chi connectivity index (χ4n) is 10.9. The van der Waals surface area contributed by atoms with Gasteiger partial charge >= 0.3 is 5.97 Å². The van der Waals surface area contributed by atoms with Crippen molar-refractivity contribution in [2.45, 2.75) is 38.5 Å². The quantitative estimate of drug-likeness (QED) is 0.0343. The van der Waals surface area contributed by atoms with E-state index in [9.17, 15) is 47.9 Å². The molecule has 2 atom stereocenters. The Labute approximate surface area is 478 Å². The van der Waals surface area contributed by atoms with Crippen LogP contribution in [0.15, 0.2) is 79.3 Å². The highest BCUT2D eigenvalue weighted by Gasteiger charge is 2.68. The first kappa shape index (κ1) is 56.5. The fraction of sp³-hybridized carbons (Fsp3) is 0.286. The van der Waals surface area contributed by atoms with Gasteiger partial charge in [-0.05, 0) is 56.0 Å². The topological polar surface area (TPSA) is 339 Å². The van der Waals surface area contributed by atoms with Crippen LogP contribution in [0.1, 0.15) is 117 Å². The second kappa shape index (κ2) is 21.9. The number of nitrogens with zero attached hydrogens (tertiary/aromatic N) is 9. The van der Waals surface area contributed by atoms with Gasteiger partial charge in [0.05, 0.1) is 41.1 Å². The van der Waals surface area contributed by atoms with E-state index in [2.05, 4.69) is 52.2 Å². The smallest absolute Gasteiger partial charge is 0.340 e. The molecule has 1 saturated heterocycles. The Balaban J connectivity index is 0.666. The number of aromatic amines is 1. The number of likely N-dealkylation sites (tertiary alicyclic amines) is 1. The van der Waals surface area contributed by atoms with Crippen molar-refractivity contribution in [3.63, 3.8) is 0 Å². The van der Waals surface area contributed by atoms with Gasteiger partial charge in [-0.25, -0.2) is 14.8 Å². The molecule has 2 fully saturated rings. The number of hydrogen-bond donors (Lipinski definition) is 8. The third-order valence-corrected chi connectivity index (χ3v) is 14.8. The highest BCUT2D eigenvalue weighted by molar-refractivity contribution is 6.12. The standard InChI is InChI=1S/C56H59N17O11/c1-28-45(55(83)84-9)46-47(58-28)39(75)19-40-56(46)20-30(56)21-73(40)44(77)13-12-35-15-31(22-67(35)3)60-51(79)37-17-33(24-69(37)5)63-54(82)49-66-42(27-72(49)8)64-43(76)11-10-14-57-50(78)36-16-32(23-68(36)4)61-52(80)38-18-34(25-70(38)6)62-53(81)48-65-41(26-71(48)7)59-29(2)74/h12-13,15-19,22-27,30,58H,10-11,14,20-21H2,1-9H3,(H,57,78)(H,59,74)(H,60,79)(H,61,80)(H,62,81)(H,63,82)(H,64,76)/b13-12+. The van der Waals surface area contributed by atoms with Crippen LogP contribution in [0.4, 0.5) is 34.4 Å². The lowest BCUT2D eigenvalue weighted by Gasteiger charge is -2.27. The van der Waals surface area contributed by atoms with Gasteiger partial charge in [0.25, 0.3) is 35.4 Å². The molecule has 3 aliphatic rings. The summed E-state index contributed by atoms with van der Waals surface area (Å²) < 4.78 is 14.3. The molecular weight excluding hydrogens is 1090 g/mol. The number of aromatic nitrogens is 9. The zero-order valence-corrected chi connectivity index (χ0v) is 47.1. The van der Waals surface area contributed by atoms with Crippen LogP contribution in [0.25, 0.3) is 6.08 Å². The van der Waals surface area contributed by atoms with Crippen LogP contribution in [0.2, 0.25) is 0 Å². The molecule has 28 nitrogen and oxygen atoms in total. The predicted molar refractivity (Wildman–Crippen MR) is 304 cm³/mol. The zero-order valence-electron chi connectivity index (χ0n) is 47.1. The van der Waals surface area contributed by atoms with Gasteiger partial charge in [0.2, 0.25) is 29.2 Å². The summed E-state index contributed by atoms with van der Waals surface area (Å²) in [5, 5.41) is 19.0. The van der Waals surface area contributed by atoms with Gasteiger partial charge in [0.1, 0.15) is 17.1 Å². The molecule has 28 heteroatoms. The Morgan fingerprint density at radius 1 is 0.667 bits per heavy atom. The van der Waals surface area contributed by atoms with Gasteiger partial charge in [-0.2, -0.15) is 0 Å². The van der Waals surface area contributed by atoms with Crippen molar-refractivity contribution in [3.8, 4) is 0 Å². The molecule has 434 valence electrons. The van der Waals surface area contributed by atoms with Crippen LogP contribution < -0.4 is 37.2 Å². The number of aryl methyl sites for hydroxylation is 7. The minimum absolute atomic E-state index is 0.00183. The van der Waals surface area contributed by atoms with E-state index in [1.165, 1.54) is 79.6 Å². The molecule has 2 aliphatic carbocycles. The number of ketones is 1. The lowest BCUT2D eigenvalue weighted by molar-refractivity contribution is -0.124. The lowest BCUT2D eigenvalue weighted by Crippen LogP contribution is -2.33. The number of fused-ring (bicyclic) bond motifs is 1. The number of anilines is 6. The van der Waals surface area contributed by atoms with E-state index in [0.717, 1.165) is 0 Å². The molecule has 0 bridgehead atoms. The van der Waals surface area contributed by atoms with Crippen LogP contribution in [0, 0.1) is 12.8 Å². The molecular formula is C56H59N17O11. The molecule has 0 aromatic carbocycles. The number of imidazole rings is 2. The maximum absolute atomic E-state index is 13.7. The highest BCUT2D eigenvalue weighted by atomic mass is 16.5. The first-order valence-corrected chi connectivity index (χ1v) is 26.3. The van der Waals surface area contributed by atoms with Gasteiger partial charge in [0, 0.05) is 146 Å². The van der Waals surface area contributed by atoms with Crippen LogP contribution in [-0.4, -0.2) is 126 Å². The summed E-state index contributed by atoms with van der Waals surface area (Å²) in [7, 11) is 11.1. The summed E-state index contributed by atoms with van der Waals surface area (Å²) in [5.74, 6) is -4.21. The van der Waals surface area contributed by atoms with Gasteiger partial charge in [0.15, 0.2) is 11.6 Å². The van der Waals surface area contributed by atoms with E-state index in [4.69, 9.17) is 4.74 Å². The van der Waals surface area contributed by atoms with E-state index < -0.39 is 46.8 Å². The Morgan fingerprint density at radius 3 is 1.73 bits per heavy atom. The Kier molecular flexibility index (Phi) is 14.7. The number of H-pyrrole nitrogens is 1. The fourth-order valence-corrected chi connectivity index (χ4v) is 10.9. The van der Waals surface area contributed by atoms with Crippen LogP contribution >= 0.6 is 0 Å². The molecule has 1 saturated carbocycles. The maximum atomic E-state index is 13.7. The molecule has 84 heavy (non-hydrogen) atoms. The largest absolute Gasteiger partial charge is 0.465 e. The van der Waals surface area contributed by atoms with Gasteiger partial charge < -0.3 is 79.2 Å². The van der Waals surface area contributed by atoms with Crippen molar-refractivity contribution < 1.29 is 52.7 Å². The minimum atomic E-state index is -0.624. The Hall–Kier alpha value is -10.8. The first-order valence-electron chi connectivity index (χ1n) is 26.3. The lowest BCUT2D eigenvalue weighted by atomic mass is 9.82. The molecule has 8 heterocycles. The molecule has 7 aromatic rings. The minimum Gasteiger partial charge on any atom is -0.465 e. The summed E-state index contributed by atoms with van der Waals surface area (Å²) in [6.45, 7) is 3.56. The third kappa shape index (κ3) is 10.8. The third-order valence-electron chi connectivity index (χ3n) is 14.8.